The topological polar surface area (TPSA) is 49.3 Å². The molecule has 0 fully saturated rings. The van der Waals surface area contributed by atoms with Crippen LogP contribution in [0, 0.1) is 5.92 Å². The Morgan fingerprint density at radius 1 is 1.47 bits per heavy atom. The number of hydrogen-bond acceptors (Lipinski definition) is 2. The van der Waals surface area contributed by atoms with Crippen LogP contribution >= 0.6 is 0 Å². The molecule has 1 amide bonds. The van der Waals surface area contributed by atoms with E-state index >= 15 is 0 Å². The number of unbranched alkanes of at least 4 members (excludes halogenated alkanes) is 1. The Kier molecular flexibility index (Phi) is 6.57. The standard InChI is InChI=1S/C12H25NO2/c1-5-7-8-11(14)13-9-12(4,15)10(3)6-2/h10,15H,5-9H2,1-4H3,(H,13,14). The molecule has 0 saturated carbocycles. The van der Waals surface area contributed by atoms with Crippen molar-refractivity contribution in [2.24, 2.45) is 5.92 Å². The second kappa shape index (κ2) is 6.83. The Morgan fingerprint density at radius 2 is 2.07 bits per heavy atom. The molecule has 0 aromatic heterocycles. The Bertz CT molecular complexity index is 190. The van der Waals surface area contributed by atoms with Crippen LogP contribution in [0.3, 0.4) is 0 Å². The monoisotopic (exact) mass is 215 g/mol. The Morgan fingerprint density at radius 3 is 2.53 bits per heavy atom. The van der Waals surface area contributed by atoms with Gasteiger partial charge >= 0.3 is 0 Å². The molecule has 0 aliphatic heterocycles. The molecule has 3 heteroatoms. The zero-order valence-corrected chi connectivity index (χ0v) is 10.5. The number of rotatable bonds is 7. The Balaban J connectivity index is 3.87. The lowest BCUT2D eigenvalue weighted by Gasteiger charge is -2.29. The van der Waals surface area contributed by atoms with Gasteiger partial charge in [0, 0.05) is 13.0 Å². The fourth-order valence-corrected chi connectivity index (χ4v) is 1.32. The summed E-state index contributed by atoms with van der Waals surface area (Å²) in [7, 11) is 0. The highest BCUT2D eigenvalue weighted by Gasteiger charge is 2.27. The lowest BCUT2D eigenvalue weighted by Crippen LogP contribution is -2.45. The van der Waals surface area contributed by atoms with Crippen molar-refractivity contribution in [3.63, 3.8) is 0 Å². The van der Waals surface area contributed by atoms with E-state index in [1.54, 1.807) is 6.92 Å². The normalized spacial score (nSPS) is 16.9. The second-order valence-corrected chi connectivity index (χ2v) is 4.55. The van der Waals surface area contributed by atoms with Crippen molar-refractivity contribution in [3.05, 3.63) is 0 Å². The van der Waals surface area contributed by atoms with Gasteiger partial charge in [0.15, 0.2) is 0 Å². The van der Waals surface area contributed by atoms with Crippen LogP contribution in [0.15, 0.2) is 0 Å². The van der Waals surface area contributed by atoms with Gasteiger partial charge in [-0.3, -0.25) is 4.79 Å². The summed E-state index contributed by atoms with van der Waals surface area (Å²) in [6, 6.07) is 0. The highest BCUT2D eigenvalue weighted by atomic mass is 16.3. The van der Waals surface area contributed by atoms with Gasteiger partial charge in [0.1, 0.15) is 0 Å². The van der Waals surface area contributed by atoms with Gasteiger partial charge in [-0.2, -0.15) is 0 Å². The first-order chi connectivity index (χ1) is 6.94. The minimum absolute atomic E-state index is 0.0421. The summed E-state index contributed by atoms with van der Waals surface area (Å²) in [5.41, 5.74) is -0.795. The molecule has 0 saturated heterocycles. The summed E-state index contributed by atoms with van der Waals surface area (Å²) in [4.78, 5) is 11.3. The molecule has 2 atom stereocenters. The van der Waals surface area contributed by atoms with Gasteiger partial charge in [-0.1, -0.05) is 33.6 Å². The number of carbonyl (C=O) groups is 1. The smallest absolute Gasteiger partial charge is 0.220 e. The molecule has 90 valence electrons. The van der Waals surface area contributed by atoms with Crippen LogP contribution in [-0.2, 0) is 4.79 Å². The van der Waals surface area contributed by atoms with Crippen molar-refractivity contribution in [2.45, 2.75) is 59.0 Å². The lowest BCUT2D eigenvalue weighted by molar-refractivity contribution is -0.122. The molecule has 15 heavy (non-hydrogen) atoms. The van der Waals surface area contributed by atoms with E-state index in [1.807, 2.05) is 13.8 Å². The van der Waals surface area contributed by atoms with Gasteiger partial charge in [0.05, 0.1) is 5.60 Å². The van der Waals surface area contributed by atoms with Crippen LogP contribution < -0.4 is 5.32 Å². The largest absolute Gasteiger partial charge is 0.388 e. The van der Waals surface area contributed by atoms with Crippen molar-refractivity contribution in [2.75, 3.05) is 6.54 Å². The number of aliphatic hydroxyl groups is 1. The maximum Gasteiger partial charge on any atom is 0.220 e. The maximum atomic E-state index is 11.3. The van der Waals surface area contributed by atoms with E-state index in [2.05, 4.69) is 12.2 Å². The van der Waals surface area contributed by atoms with Crippen molar-refractivity contribution in [3.8, 4) is 0 Å². The number of nitrogens with one attached hydrogen (secondary N) is 1. The zero-order chi connectivity index (χ0) is 11.9. The average Bonchev–Trinajstić information content (AvgIpc) is 2.22. The van der Waals surface area contributed by atoms with Gasteiger partial charge in [-0.15, -0.1) is 0 Å². The van der Waals surface area contributed by atoms with Crippen LogP contribution in [0.4, 0.5) is 0 Å². The molecule has 0 bridgehead atoms. The molecule has 0 aromatic carbocycles. The summed E-state index contributed by atoms with van der Waals surface area (Å²) in [6.07, 6.45) is 3.41. The molecule has 0 spiro atoms. The van der Waals surface area contributed by atoms with Crippen LogP contribution in [0.5, 0.6) is 0 Å². The third-order valence-corrected chi connectivity index (χ3v) is 3.07. The van der Waals surface area contributed by atoms with E-state index in [4.69, 9.17) is 0 Å². The van der Waals surface area contributed by atoms with E-state index in [9.17, 15) is 9.90 Å². The first-order valence-corrected chi connectivity index (χ1v) is 5.93. The zero-order valence-electron chi connectivity index (χ0n) is 10.5. The second-order valence-electron chi connectivity index (χ2n) is 4.55. The van der Waals surface area contributed by atoms with Gasteiger partial charge in [0.2, 0.25) is 5.91 Å². The molecule has 2 unspecified atom stereocenters. The molecular weight excluding hydrogens is 190 g/mol. The number of hydrogen-bond donors (Lipinski definition) is 2. The van der Waals surface area contributed by atoms with E-state index in [-0.39, 0.29) is 11.8 Å². The first-order valence-electron chi connectivity index (χ1n) is 5.93. The summed E-state index contributed by atoms with van der Waals surface area (Å²) in [6.45, 7) is 8.23. The van der Waals surface area contributed by atoms with Crippen LogP contribution in [0.25, 0.3) is 0 Å². The number of amides is 1. The van der Waals surface area contributed by atoms with Crippen LogP contribution in [0.1, 0.15) is 53.4 Å². The Labute approximate surface area is 93.3 Å². The first kappa shape index (κ1) is 14.4. The predicted octanol–water partition coefficient (Wildman–Crippen LogP) is 2.09. The molecule has 0 radical (unpaired) electrons. The van der Waals surface area contributed by atoms with Gasteiger partial charge < -0.3 is 10.4 Å². The van der Waals surface area contributed by atoms with Crippen LogP contribution in [0.2, 0.25) is 0 Å². The minimum Gasteiger partial charge on any atom is -0.388 e. The van der Waals surface area contributed by atoms with Crippen molar-refractivity contribution in [1.29, 1.82) is 0 Å². The predicted molar refractivity (Wildman–Crippen MR) is 62.6 cm³/mol. The van der Waals surface area contributed by atoms with E-state index in [0.717, 1.165) is 19.3 Å². The maximum absolute atomic E-state index is 11.3. The molecule has 0 aliphatic carbocycles. The quantitative estimate of drug-likeness (QED) is 0.683. The highest BCUT2D eigenvalue weighted by Crippen LogP contribution is 2.18. The highest BCUT2D eigenvalue weighted by molar-refractivity contribution is 5.75. The third-order valence-electron chi connectivity index (χ3n) is 3.07. The Hall–Kier alpha value is -0.570. The minimum atomic E-state index is -0.795. The molecule has 0 heterocycles. The van der Waals surface area contributed by atoms with Crippen LogP contribution in [-0.4, -0.2) is 23.2 Å². The van der Waals surface area contributed by atoms with E-state index < -0.39 is 5.60 Å². The third kappa shape index (κ3) is 5.78. The molecule has 0 aliphatic rings. The molecule has 2 N–H and O–H groups in total. The van der Waals surface area contributed by atoms with Gasteiger partial charge in [-0.25, -0.2) is 0 Å². The van der Waals surface area contributed by atoms with Crippen molar-refractivity contribution < 1.29 is 9.90 Å². The average molecular weight is 215 g/mol. The fourth-order valence-electron chi connectivity index (χ4n) is 1.32. The number of carbonyl (C=O) groups excluding carboxylic acids is 1. The van der Waals surface area contributed by atoms with Crippen molar-refractivity contribution in [1.82, 2.24) is 5.32 Å². The fraction of sp³-hybridized carbons (Fsp3) is 0.917. The van der Waals surface area contributed by atoms with E-state index in [1.165, 1.54) is 0 Å². The summed E-state index contributed by atoms with van der Waals surface area (Å²) < 4.78 is 0. The molecular formula is C12H25NO2. The lowest BCUT2D eigenvalue weighted by atomic mass is 9.88. The summed E-state index contributed by atoms with van der Waals surface area (Å²) >= 11 is 0. The molecule has 0 aromatic rings. The summed E-state index contributed by atoms with van der Waals surface area (Å²) in [5.74, 6) is 0.240. The van der Waals surface area contributed by atoms with Gasteiger partial charge in [0.25, 0.3) is 0 Å². The SMILES string of the molecule is CCCCC(=O)NCC(C)(O)C(C)CC. The van der Waals surface area contributed by atoms with Gasteiger partial charge in [-0.05, 0) is 19.3 Å². The summed E-state index contributed by atoms with van der Waals surface area (Å²) in [5, 5.41) is 12.8. The molecule has 0 rings (SSSR count). The molecule has 3 nitrogen and oxygen atoms in total. The van der Waals surface area contributed by atoms with Crippen molar-refractivity contribution >= 4 is 5.91 Å². The van der Waals surface area contributed by atoms with E-state index in [0.29, 0.717) is 13.0 Å².